The van der Waals surface area contributed by atoms with Crippen LogP contribution in [0.1, 0.15) is 38.9 Å². The number of carboxylic acids is 1. The van der Waals surface area contributed by atoms with Gasteiger partial charge >= 0.3 is 5.97 Å². The topological polar surface area (TPSA) is 97.8 Å². The number of carbonyl (C=O) groups is 2. The number of hydrogen-bond donors (Lipinski definition) is 2. The minimum atomic E-state index is -1.00. The SMILES string of the molecule is COc1ccc2c(c1)CC(C(=O)NC(C)c1nc(C)c(C(=O)O)s1)CO2. The molecular formula is C18H20N2O5S. The van der Waals surface area contributed by atoms with E-state index in [4.69, 9.17) is 14.6 Å². The highest BCUT2D eigenvalue weighted by molar-refractivity contribution is 7.13. The first-order valence-corrected chi connectivity index (χ1v) is 9.01. The molecule has 0 saturated carbocycles. The fourth-order valence-corrected chi connectivity index (χ4v) is 3.77. The van der Waals surface area contributed by atoms with Gasteiger partial charge in [-0.25, -0.2) is 9.78 Å². The van der Waals surface area contributed by atoms with Crippen molar-refractivity contribution < 1.29 is 24.2 Å². The van der Waals surface area contributed by atoms with Crippen LogP contribution in [0.3, 0.4) is 0 Å². The number of hydrogen-bond acceptors (Lipinski definition) is 6. The fourth-order valence-electron chi connectivity index (χ4n) is 2.86. The summed E-state index contributed by atoms with van der Waals surface area (Å²) < 4.78 is 10.9. The number of aryl methyl sites for hydroxylation is 1. The molecule has 2 N–H and O–H groups in total. The van der Waals surface area contributed by atoms with Crippen LogP contribution in [0.25, 0.3) is 0 Å². The molecule has 1 aromatic heterocycles. The standard InChI is InChI=1S/C18H20N2O5S/c1-9-15(18(22)23)26-17(20-9)10(2)19-16(21)12-6-11-7-13(24-3)4-5-14(11)25-8-12/h4-5,7,10,12H,6,8H2,1-3H3,(H,19,21)(H,22,23). The van der Waals surface area contributed by atoms with E-state index in [-0.39, 0.29) is 22.7 Å². The third kappa shape index (κ3) is 3.65. The lowest BCUT2D eigenvalue weighted by Gasteiger charge is -2.26. The van der Waals surface area contributed by atoms with Gasteiger partial charge in [0.2, 0.25) is 5.91 Å². The van der Waals surface area contributed by atoms with E-state index in [1.54, 1.807) is 21.0 Å². The van der Waals surface area contributed by atoms with Gasteiger partial charge in [-0.1, -0.05) is 0 Å². The van der Waals surface area contributed by atoms with Crippen LogP contribution in [0.4, 0.5) is 0 Å². The van der Waals surface area contributed by atoms with Crippen LogP contribution in [0.5, 0.6) is 11.5 Å². The molecule has 26 heavy (non-hydrogen) atoms. The number of benzene rings is 1. The molecule has 2 unspecified atom stereocenters. The van der Waals surface area contributed by atoms with Gasteiger partial charge in [0.05, 0.1) is 24.8 Å². The summed E-state index contributed by atoms with van der Waals surface area (Å²) in [5, 5.41) is 12.6. The molecule has 1 aliphatic heterocycles. The summed E-state index contributed by atoms with van der Waals surface area (Å²) in [6, 6.07) is 5.18. The summed E-state index contributed by atoms with van der Waals surface area (Å²) in [7, 11) is 1.60. The van der Waals surface area contributed by atoms with Crippen molar-refractivity contribution in [3.8, 4) is 11.5 Å². The summed E-state index contributed by atoms with van der Waals surface area (Å²) in [6.07, 6.45) is 0.558. The van der Waals surface area contributed by atoms with Crippen molar-refractivity contribution in [3.05, 3.63) is 39.3 Å². The molecule has 1 aliphatic rings. The number of nitrogens with one attached hydrogen (secondary N) is 1. The average Bonchev–Trinajstić information content (AvgIpc) is 3.02. The van der Waals surface area contributed by atoms with E-state index in [0.29, 0.717) is 23.7 Å². The van der Waals surface area contributed by atoms with Gasteiger partial charge in [0.1, 0.15) is 28.0 Å². The summed E-state index contributed by atoms with van der Waals surface area (Å²) in [4.78, 5) is 28.2. The lowest BCUT2D eigenvalue weighted by molar-refractivity contribution is -0.126. The predicted octanol–water partition coefficient (Wildman–Crippen LogP) is 2.59. The number of nitrogens with zero attached hydrogens (tertiary/aromatic N) is 1. The lowest BCUT2D eigenvalue weighted by atomic mass is 9.95. The molecule has 0 bridgehead atoms. The number of aromatic nitrogens is 1. The Kier molecular flexibility index (Phi) is 5.13. The number of amides is 1. The molecule has 7 nitrogen and oxygen atoms in total. The minimum Gasteiger partial charge on any atom is -0.497 e. The summed E-state index contributed by atoms with van der Waals surface area (Å²) in [5.41, 5.74) is 1.39. The van der Waals surface area contributed by atoms with Gasteiger partial charge in [-0.3, -0.25) is 4.79 Å². The normalized spacial score (nSPS) is 17.0. The molecule has 1 amide bonds. The van der Waals surface area contributed by atoms with E-state index in [1.165, 1.54) is 0 Å². The molecule has 1 aromatic carbocycles. The highest BCUT2D eigenvalue weighted by Crippen LogP contribution is 2.31. The average molecular weight is 376 g/mol. The Morgan fingerprint density at radius 1 is 1.46 bits per heavy atom. The second-order valence-corrected chi connectivity index (χ2v) is 7.22. The summed E-state index contributed by atoms with van der Waals surface area (Å²) in [6.45, 7) is 3.74. The van der Waals surface area contributed by atoms with E-state index in [9.17, 15) is 9.59 Å². The number of thiazole rings is 1. The van der Waals surface area contributed by atoms with Crippen molar-refractivity contribution in [1.29, 1.82) is 0 Å². The predicted molar refractivity (Wildman–Crippen MR) is 96.1 cm³/mol. The van der Waals surface area contributed by atoms with E-state index < -0.39 is 5.97 Å². The zero-order valence-corrected chi connectivity index (χ0v) is 15.6. The molecule has 2 aromatic rings. The molecule has 8 heteroatoms. The van der Waals surface area contributed by atoms with Gasteiger partial charge in [0.25, 0.3) is 0 Å². The Hall–Kier alpha value is -2.61. The highest BCUT2D eigenvalue weighted by atomic mass is 32.1. The van der Waals surface area contributed by atoms with Crippen molar-refractivity contribution in [3.63, 3.8) is 0 Å². The summed E-state index contributed by atoms with van der Waals surface area (Å²) in [5.74, 6) is 0.0227. The van der Waals surface area contributed by atoms with Crippen LogP contribution in [0.2, 0.25) is 0 Å². The smallest absolute Gasteiger partial charge is 0.347 e. The second-order valence-electron chi connectivity index (χ2n) is 6.19. The molecule has 0 fully saturated rings. The molecule has 0 spiro atoms. The Morgan fingerprint density at radius 3 is 2.88 bits per heavy atom. The van der Waals surface area contributed by atoms with Crippen LogP contribution in [0.15, 0.2) is 18.2 Å². The number of ether oxygens (including phenoxy) is 2. The highest BCUT2D eigenvalue weighted by Gasteiger charge is 2.28. The van der Waals surface area contributed by atoms with Gasteiger partial charge in [-0.05, 0) is 44.0 Å². The first-order chi connectivity index (χ1) is 12.4. The number of aromatic carboxylic acids is 1. The zero-order valence-electron chi connectivity index (χ0n) is 14.7. The molecule has 0 aliphatic carbocycles. The van der Waals surface area contributed by atoms with Crippen LogP contribution in [0, 0.1) is 12.8 Å². The van der Waals surface area contributed by atoms with E-state index in [0.717, 1.165) is 28.4 Å². The van der Waals surface area contributed by atoms with Crippen LogP contribution in [-0.4, -0.2) is 35.7 Å². The van der Waals surface area contributed by atoms with Crippen molar-refractivity contribution in [2.45, 2.75) is 26.3 Å². The van der Waals surface area contributed by atoms with Gasteiger partial charge in [-0.15, -0.1) is 11.3 Å². The van der Waals surface area contributed by atoms with Gasteiger partial charge in [0.15, 0.2) is 0 Å². The molecule has 2 atom stereocenters. The minimum absolute atomic E-state index is 0.143. The molecule has 3 rings (SSSR count). The second kappa shape index (κ2) is 7.33. The van der Waals surface area contributed by atoms with Crippen molar-refractivity contribution in [2.75, 3.05) is 13.7 Å². The van der Waals surface area contributed by atoms with Crippen LogP contribution in [-0.2, 0) is 11.2 Å². The maximum absolute atomic E-state index is 12.6. The largest absolute Gasteiger partial charge is 0.497 e. The Balaban J connectivity index is 1.68. The van der Waals surface area contributed by atoms with E-state index in [2.05, 4.69) is 10.3 Å². The van der Waals surface area contributed by atoms with E-state index in [1.807, 2.05) is 18.2 Å². The van der Waals surface area contributed by atoms with Gasteiger partial charge < -0.3 is 19.9 Å². The van der Waals surface area contributed by atoms with Crippen LogP contribution >= 0.6 is 11.3 Å². The molecule has 0 saturated heterocycles. The third-order valence-electron chi connectivity index (χ3n) is 4.28. The maximum Gasteiger partial charge on any atom is 0.347 e. The molecular weight excluding hydrogens is 356 g/mol. The number of carboxylic acid groups (broad SMARTS) is 1. The van der Waals surface area contributed by atoms with Crippen LogP contribution < -0.4 is 14.8 Å². The molecule has 138 valence electrons. The summed E-state index contributed by atoms with van der Waals surface area (Å²) >= 11 is 1.08. The lowest BCUT2D eigenvalue weighted by Crippen LogP contribution is -2.38. The fraction of sp³-hybridized carbons (Fsp3) is 0.389. The quantitative estimate of drug-likeness (QED) is 0.832. The Morgan fingerprint density at radius 2 is 2.23 bits per heavy atom. The molecule has 2 heterocycles. The number of fused-ring (bicyclic) bond motifs is 1. The Labute approximate surface area is 155 Å². The van der Waals surface area contributed by atoms with Gasteiger partial charge in [-0.2, -0.15) is 0 Å². The number of methoxy groups -OCH3 is 1. The first kappa shape index (κ1) is 18.2. The number of rotatable bonds is 5. The van der Waals surface area contributed by atoms with Gasteiger partial charge in [0, 0.05) is 0 Å². The number of carbonyl (C=O) groups excluding carboxylic acids is 1. The third-order valence-corrected chi connectivity index (χ3v) is 5.61. The molecule has 0 radical (unpaired) electrons. The monoisotopic (exact) mass is 376 g/mol. The first-order valence-electron chi connectivity index (χ1n) is 8.19. The van der Waals surface area contributed by atoms with Crippen molar-refractivity contribution in [2.24, 2.45) is 5.92 Å². The Bertz CT molecular complexity index is 848. The van der Waals surface area contributed by atoms with Crippen molar-refractivity contribution >= 4 is 23.2 Å². The maximum atomic E-state index is 12.6. The van der Waals surface area contributed by atoms with E-state index >= 15 is 0 Å². The van der Waals surface area contributed by atoms with Crippen molar-refractivity contribution in [1.82, 2.24) is 10.3 Å². The zero-order chi connectivity index (χ0) is 18.8.